The van der Waals surface area contributed by atoms with Gasteiger partial charge in [0.2, 0.25) is 0 Å². The van der Waals surface area contributed by atoms with Crippen LogP contribution in [0.4, 0.5) is 4.79 Å². The van der Waals surface area contributed by atoms with E-state index in [4.69, 9.17) is 11.6 Å². The fraction of sp³-hybridized carbons (Fsp3) is 0.438. The van der Waals surface area contributed by atoms with Crippen LogP contribution in [0, 0.1) is 6.92 Å². The molecule has 1 saturated carbocycles. The molecule has 0 radical (unpaired) electrons. The molecule has 0 aliphatic heterocycles. The molecule has 5 heteroatoms. The molecule has 2 aromatic rings. The van der Waals surface area contributed by atoms with Crippen molar-refractivity contribution >= 4 is 28.5 Å². The number of carbonyl (C=O) groups is 1. The summed E-state index contributed by atoms with van der Waals surface area (Å²) in [6.07, 6.45) is 2.19. The van der Waals surface area contributed by atoms with Crippen LogP contribution in [-0.4, -0.2) is 17.1 Å². The molecule has 4 nitrogen and oxygen atoms in total. The molecule has 0 saturated heterocycles. The second-order valence-corrected chi connectivity index (χ2v) is 5.49. The molecule has 2 amide bonds. The van der Waals surface area contributed by atoms with E-state index in [1.165, 1.54) is 0 Å². The Morgan fingerprint density at radius 1 is 1.33 bits per heavy atom. The summed E-state index contributed by atoms with van der Waals surface area (Å²) in [6, 6.07) is 6.25. The van der Waals surface area contributed by atoms with Gasteiger partial charge in [-0.15, -0.1) is 0 Å². The van der Waals surface area contributed by atoms with E-state index in [1.807, 2.05) is 39.0 Å². The molecule has 1 aliphatic rings. The summed E-state index contributed by atoms with van der Waals surface area (Å²) in [6.45, 7) is 6.47. The molecule has 0 atom stereocenters. The smallest absolute Gasteiger partial charge is 0.315 e. The summed E-state index contributed by atoms with van der Waals surface area (Å²) in [4.78, 5) is 14.8. The first kappa shape index (κ1) is 15.7. The van der Waals surface area contributed by atoms with Gasteiger partial charge >= 0.3 is 6.03 Å². The Balaban J connectivity index is 0.000000774. The van der Waals surface area contributed by atoms with Crippen LogP contribution in [0.15, 0.2) is 18.2 Å². The standard InChI is InChI=1S/C14H16ClN3O.C2H6/c1-8-4-13-9(6-12(8)15)5-11(17-13)7-16-14(19)18-10-2-3-10;1-2/h4-6,10,17H,2-3,7H2,1H3,(H2,16,18,19);1-2H3. The maximum atomic E-state index is 11.5. The van der Waals surface area contributed by atoms with Crippen LogP contribution in [0.3, 0.4) is 0 Å². The van der Waals surface area contributed by atoms with Crippen LogP contribution >= 0.6 is 11.6 Å². The SMILES string of the molecule is CC.Cc1cc2[nH]c(CNC(=O)NC3CC3)cc2cc1Cl. The largest absolute Gasteiger partial charge is 0.357 e. The van der Waals surface area contributed by atoms with Gasteiger partial charge in [0, 0.05) is 27.7 Å². The summed E-state index contributed by atoms with van der Waals surface area (Å²) < 4.78 is 0. The number of nitrogens with one attached hydrogen (secondary N) is 3. The summed E-state index contributed by atoms with van der Waals surface area (Å²) in [5.41, 5.74) is 3.06. The Morgan fingerprint density at radius 3 is 2.71 bits per heavy atom. The van der Waals surface area contributed by atoms with Gasteiger partial charge in [-0.2, -0.15) is 0 Å². The molecule has 1 fully saturated rings. The average molecular weight is 308 g/mol. The number of benzene rings is 1. The Labute approximate surface area is 130 Å². The first-order valence-corrected chi connectivity index (χ1v) is 7.82. The highest BCUT2D eigenvalue weighted by Gasteiger charge is 2.22. The highest BCUT2D eigenvalue weighted by atomic mass is 35.5. The number of rotatable bonds is 3. The lowest BCUT2D eigenvalue weighted by molar-refractivity contribution is 0.240. The van der Waals surface area contributed by atoms with Crippen LogP contribution < -0.4 is 10.6 Å². The highest BCUT2D eigenvalue weighted by molar-refractivity contribution is 6.32. The summed E-state index contributed by atoms with van der Waals surface area (Å²) in [5.74, 6) is 0. The number of urea groups is 1. The van der Waals surface area contributed by atoms with Crippen molar-refractivity contribution in [3.8, 4) is 0 Å². The minimum absolute atomic E-state index is 0.102. The zero-order valence-electron chi connectivity index (χ0n) is 12.7. The van der Waals surface area contributed by atoms with E-state index in [0.717, 1.165) is 40.0 Å². The van der Waals surface area contributed by atoms with Crippen LogP contribution in [0.2, 0.25) is 5.02 Å². The van der Waals surface area contributed by atoms with E-state index >= 15 is 0 Å². The first-order chi connectivity index (χ1) is 10.1. The van der Waals surface area contributed by atoms with Crippen molar-refractivity contribution in [3.05, 3.63) is 34.5 Å². The Bertz CT molecular complexity index is 593. The van der Waals surface area contributed by atoms with Crippen molar-refractivity contribution in [1.29, 1.82) is 0 Å². The topological polar surface area (TPSA) is 56.9 Å². The third kappa shape index (κ3) is 4.14. The van der Waals surface area contributed by atoms with Gasteiger partial charge < -0.3 is 15.6 Å². The van der Waals surface area contributed by atoms with Crippen LogP contribution in [0.1, 0.15) is 37.9 Å². The van der Waals surface area contributed by atoms with Crippen molar-refractivity contribution < 1.29 is 4.79 Å². The Kier molecular flexibility index (Phi) is 5.12. The lowest BCUT2D eigenvalue weighted by Crippen LogP contribution is -2.36. The molecular weight excluding hydrogens is 286 g/mol. The molecular formula is C16H22ClN3O. The maximum absolute atomic E-state index is 11.5. The first-order valence-electron chi connectivity index (χ1n) is 7.44. The van der Waals surface area contributed by atoms with Gasteiger partial charge in [0.05, 0.1) is 6.54 Å². The average Bonchev–Trinajstić information content (AvgIpc) is 3.19. The van der Waals surface area contributed by atoms with Gasteiger partial charge in [0.25, 0.3) is 0 Å². The van der Waals surface area contributed by atoms with Gasteiger partial charge in [-0.1, -0.05) is 25.4 Å². The van der Waals surface area contributed by atoms with Gasteiger partial charge in [-0.05, 0) is 43.5 Å². The molecule has 0 unspecified atom stereocenters. The minimum Gasteiger partial charge on any atom is -0.357 e. The van der Waals surface area contributed by atoms with Crippen LogP contribution in [0.25, 0.3) is 10.9 Å². The Morgan fingerprint density at radius 2 is 2.05 bits per heavy atom. The van der Waals surface area contributed by atoms with Crippen molar-refractivity contribution in [2.24, 2.45) is 0 Å². The number of hydrogen-bond acceptors (Lipinski definition) is 1. The number of fused-ring (bicyclic) bond motifs is 1. The van der Waals surface area contributed by atoms with E-state index in [1.54, 1.807) is 0 Å². The number of hydrogen-bond donors (Lipinski definition) is 3. The number of amides is 2. The number of aromatic nitrogens is 1. The van der Waals surface area contributed by atoms with E-state index in [2.05, 4.69) is 15.6 Å². The third-order valence-corrected chi connectivity index (χ3v) is 3.71. The number of aryl methyl sites for hydroxylation is 1. The van der Waals surface area contributed by atoms with Crippen LogP contribution in [0.5, 0.6) is 0 Å². The molecule has 3 rings (SSSR count). The molecule has 21 heavy (non-hydrogen) atoms. The number of carbonyl (C=O) groups excluding carboxylic acids is 1. The quantitative estimate of drug-likeness (QED) is 0.785. The molecule has 1 heterocycles. The predicted molar refractivity (Wildman–Crippen MR) is 87.8 cm³/mol. The Hall–Kier alpha value is -1.68. The van der Waals surface area contributed by atoms with Crippen molar-refractivity contribution in [2.75, 3.05) is 0 Å². The van der Waals surface area contributed by atoms with Gasteiger partial charge in [-0.3, -0.25) is 0 Å². The molecule has 0 spiro atoms. The monoisotopic (exact) mass is 307 g/mol. The third-order valence-electron chi connectivity index (χ3n) is 3.31. The number of H-pyrrole nitrogens is 1. The molecule has 1 aromatic carbocycles. The van der Waals surface area contributed by atoms with Gasteiger partial charge in [0.1, 0.15) is 0 Å². The van der Waals surface area contributed by atoms with Crippen LogP contribution in [-0.2, 0) is 6.54 Å². The molecule has 114 valence electrons. The van der Waals surface area contributed by atoms with Crippen molar-refractivity contribution in [1.82, 2.24) is 15.6 Å². The van der Waals surface area contributed by atoms with Crippen molar-refractivity contribution in [3.63, 3.8) is 0 Å². The fourth-order valence-corrected chi connectivity index (χ4v) is 2.23. The normalized spacial score (nSPS) is 13.5. The van der Waals surface area contributed by atoms with E-state index in [-0.39, 0.29) is 6.03 Å². The van der Waals surface area contributed by atoms with Gasteiger partial charge in [-0.25, -0.2) is 4.79 Å². The lowest BCUT2D eigenvalue weighted by Gasteiger charge is -2.04. The van der Waals surface area contributed by atoms with E-state index < -0.39 is 0 Å². The summed E-state index contributed by atoms with van der Waals surface area (Å²) >= 11 is 6.10. The fourth-order valence-electron chi connectivity index (χ4n) is 2.06. The molecule has 1 aliphatic carbocycles. The number of aromatic amines is 1. The second-order valence-electron chi connectivity index (χ2n) is 5.08. The summed E-state index contributed by atoms with van der Waals surface area (Å²) in [5, 5.41) is 7.56. The summed E-state index contributed by atoms with van der Waals surface area (Å²) in [7, 11) is 0. The van der Waals surface area contributed by atoms with E-state index in [0.29, 0.717) is 12.6 Å². The molecule has 1 aromatic heterocycles. The van der Waals surface area contributed by atoms with Gasteiger partial charge in [0.15, 0.2) is 0 Å². The number of halogens is 1. The van der Waals surface area contributed by atoms with Crippen molar-refractivity contribution in [2.45, 2.75) is 46.2 Å². The lowest BCUT2D eigenvalue weighted by atomic mass is 10.2. The molecule has 0 bridgehead atoms. The molecule has 3 N–H and O–H groups in total. The van der Waals surface area contributed by atoms with E-state index in [9.17, 15) is 4.79 Å². The zero-order chi connectivity index (χ0) is 15.4. The predicted octanol–water partition coefficient (Wildman–Crippen LogP) is 4.12. The maximum Gasteiger partial charge on any atom is 0.315 e. The second kappa shape index (κ2) is 6.85. The minimum atomic E-state index is -0.102. The zero-order valence-corrected chi connectivity index (χ0v) is 13.5. The highest BCUT2D eigenvalue weighted by Crippen LogP contribution is 2.24.